The standard InChI is InChI=1S/C11H13ClF3NO2S/c12-7-3-4-8-16-19(17,18)10-6-2-1-5-9(10)11(13,14)15/h1-2,5-6,16H,3-4,7-8H2. The van der Waals surface area contributed by atoms with Crippen LogP contribution in [0.2, 0.25) is 0 Å². The van der Waals surface area contributed by atoms with Gasteiger partial charge in [0.1, 0.15) is 0 Å². The molecule has 0 bridgehead atoms. The maximum absolute atomic E-state index is 12.7. The van der Waals surface area contributed by atoms with E-state index in [1.54, 1.807) is 0 Å². The molecule has 1 N–H and O–H groups in total. The van der Waals surface area contributed by atoms with Gasteiger partial charge >= 0.3 is 6.18 Å². The molecule has 0 saturated carbocycles. The lowest BCUT2D eigenvalue weighted by molar-refractivity contribution is -0.139. The van der Waals surface area contributed by atoms with Crippen LogP contribution in [0.25, 0.3) is 0 Å². The lowest BCUT2D eigenvalue weighted by Gasteiger charge is -2.13. The summed E-state index contributed by atoms with van der Waals surface area (Å²) in [5.41, 5.74) is -1.17. The van der Waals surface area contributed by atoms with Crippen LogP contribution >= 0.6 is 11.6 Å². The van der Waals surface area contributed by atoms with Crippen molar-refractivity contribution < 1.29 is 21.6 Å². The van der Waals surface area contributed by atoms with Gasteiger partial charge in [-0.2, -0.15) is 13.2 Å². The predicted octanol–water partition coefficient (Wildman–Crippen LogP) is 3.00. The van der Waals surface area contributed by atoms with Gasteiger partial charge in [0, 0.05) is 12.4 Å². The van der Waals surface area contributed by atoms with E-state index in [1.165, 1.54) is 6.07 Å². The Morgan fingerprint density at radius 3 is 2.37 bits per heavy atom. The highest BCUT2D eigenvalue weighted by atomic mass is 35.5. The molecule has 0 aliphatic heterocycles. The van der Waals surface area contributed by atoms with Crippen molar-refractivity contribution in [2.75, 3.05) is 12.4 Å². The number of rotatable bonds is 6. The van der Waals surface area contributed by atoms with Crippen LogP contribution in [0.15, 0.2) is 29.2 Å². The first kappa shape index (κ1) is 16.3. The maximum atomic E-state index is 12.7. The van der Waals surface area contributed by atoms with Crippen molar-refractivity contribution in [2.24, 2.45) is 0 Å². The molecule has 0 spiro atoms. The number of halogens is 4. The minimum Gasteiger partial charge on any atom is -0.211 e. The van der Waals surface area contributed by atoms with Gasteiger partial charge in [-0.1, -0.05) is 12.1 Å². The summed E-state index contributed by atoms with van der Waals surface area (Å²) < 4.78 is 63.9. The van der Waals surface area contributed by atoms with Crippen LogP contribution in [0.4, 0.5) is 13.2 Å². The van der Waals surface area contributed by atoms with E-state index in [2.05, 4.69) is 4.72 Å². The fraction of sp³-hybridized carbons (Fsp3) is 0.455. The minimum atomic E-state index is -4.71. The molecule has 0 aliphatic rings. The van der Waals surface area contributed by atoms with E-state index >= 15 is 0 Å². The Hall–Kier alpha value is -0.790. The predicted molar refractivity (Wildman–Crippen MR) is 66.6 cm³/mol. The molecule has 108 valence electrons. The molecule has 0 radical (unpaired) electrons. The van der Waals surface area contributed by atoms with Gasteiger partial charge in [-0.05, 0) is 25.0 Å². The third kappa shape index (κ3) is 4.67. The fourth-order valence-corrected chi connectivity index (χ4v) is 2.93. The van der Waals surface area contributed by atoms with Crippen molar-refractivity contribution in [1.29, 1.82) is 0 Å². The second kappa shape index (κ2) is 6.58. The van der Waals surface area contributed by atoms with E-state index in [-0.39, 0.29) is 6.54 Å². The molecule has 1 aromatic carbocycles. The van der Waals surface area contributed by atoms with E-state index in [0.717, 1.165) is 18.2 Å². The van der Waals surface area contributed by atoms with Gasteiger partial charge in [0.15, 0.2) is 0 Å². The summed E-state index contributed by atoms with van der Waals surface area (Å²) in [6, 6.07) is 4.08. The summed E-state index contributed by atoms with van der Waals surface area (Å²) in [7, 11) is -4.17. The van der Waals surface area contributed by atoms with Gasteiger partial charge in [0.25, 0.3) is 0 Å². The molecule has 0 saturated heterocycles. The number of sulfonamides is 1. The molecule has 0 aliphatic carbocycles. The van der Waals surface area contributed by atoms with Crippen LogP contribution in [0.3, 0.4) is 0 Å². The van der Waals surface area contributed by atoms with Gasteiger partial charge in [-0.15, -0.1) is 11.6 Å². The average Bonchev–Trinajstić information content (AvgIpc) is 2.34. The zero-order chi connectivity index (χ0) is 14.5. The average molecular weight is 316 g/mol. The topological polar surface area (TPSA) is 46.2 Å². The number of hydrogen-bond acceptors (Lipinski definition) is 2. The zero-order valence-electron chi connectivity index (χ0n) is 9.87. The first-order valence-corrected chi connectivity index (χ1v) is 7.52. The molecule has 0 heterocycles. The largest absolute Gasteiger partial charge is 0.417 e. The number of unbranched alkanes of at least 4 members (excludes halogenated alkanes) is 1. The molecule has 1 rings (SSSR count). The molecule has 1 aromatic rings. The van der Waals surface area contributed by atoms with E-state index < -0.39 is 26.7 Å². The third-order valence-electron chi connectivity index (χ3n) is 2.33. The lowest BCUT2D eigenvalue weighted by Crippen LogP contribution is -2.27. The summed E-state index contributed by atoms with van der Waals surface area (Å²) in [6.45, 7) is 0.0568. The van der Waals surface area contributed by atoms with Crippen LogP contribution in [0.1, 0.15) is 18.4 Å². The summed E-state index contributed by atoms with van der Waals surface area (Å²) in [4.78, 5) is -0.756. The fourth-order valence-electron chi connectivity index (χ4n) is 1.44. The first-order chi connectivity index (χ1) is 8.79. The maximum Gasteiger partial charge on any atom is 0.417 e. The Labute approximate surface area is 114 Å². The first-order valence-electron chi connectivity index (χ1n) is 5.51. The van der Waals surface area contributed by atoms with Gasteiger partial charge in [0.05, 0.1) is 10.5 Å². The highest BCUT2D eigenvalue weighted by Crippen LogP contribution is 2.33. The van der Waals surface area contributed by atoms with Crippen molar-refractivity contribution >= 4 is 21.6 Å². The van der Waals surface area contributed by atoms with E-state index in [1.807, 2.05) is 0 Å². The van der Waals surface area contributed by atoms with Gasteiger partial charge in [-0.3, -0.25) is 0 Å². The van der Waals surface area contributed by atoms with Crippen LogP contribution in [-0.4, -0.2) is 20.8 Å². The molecule has 19 heavy (non-hydrogen) atoms. The second-order valence-electron chi connectivity index (χ2n) is 3.79. The number of alkyl halides is 4. The monoisotopic (exact) mass is 315 g/mol. The van der Waals surface area contributed by atoms with E-state index in [9.17, 15) is 21.6 Å². The Morgan fingerprint density at radius 2 is 1.79 bits per heavy atom. The Kier molecular flexibility index (Phi) is 5.64. The van der Waals surface area contributed by atoms with Crippen molar-refractivity contribution in [2.45, 2.75) is 23.9 Å². The van der Waals surface area contributed by atoms with Crippen molar-refractivity contribution in [3.05, 3.63) is 29.8 Å². The van der Waals surface area contributed by atoms with Gasteiger partial charge < -0.3 is 0 Å². The molecule has 0 atom stereocenters. The second-order valence-corrected chi connectivity index (χ2v) is 5.90. The highest BCUT2D eigenvalue weighted by molar-refractivity contribution is 7.89. The van der Waals surface area contributed by atoms with Crippen LogP contribution in [-0.2, 0) is 16.2 Å². The Morgan fingerprint density at radius 1 is 1.16 bits per heavy atom. The number of nitrogens with one attached hydrogen (secondary N) is 1. The quantitative estimate of drug-likeness (QED) is 0.648. The summed E-state index contributed by atoms with van der Waals surface area (Å²) in [5.74, 6) is 0.376. The summed E-state index contributed by atoms with van der Waals surface area (Å²) in [6.07, 6.45) is -3.65. The Balaban J connectivity index is 2.96. The Bertz CT molecular complexity index is 517. The SMILES string of the molecule is O=S(=O)(NCCCCCl)c1ccccc1C(F)(F)F. The van der Waals surface area contributed by atoms with Crippen molar-refractivity contribution in [1.82, 2.24) is 4.72 Å². The smallest absolute Gasteiger partial charge is 0.211 e. The molecular formula is C11H13ClF3NO2S. The number of hydrogen-bond donors (Lipinski definition) is 1. The normalized spacial score (nSPS) is 12.6. The van der Waals surface area contributed by atoms with E-state index in [0.29, 0.717) is 18.7 Å². The highest BCUT2D eigenvalue weighted by Gasteiger charge is 2.36. The van der Waals surface area contributed by atoms with Gasteiger partial charge in [0.2, 0.25) is 10.0 Å². The van der Waals surface area contributed by atoms with Crippen molar-refractivity contribution in [3.63, 3.8) is 0 Å². The molecule has 0 amide bonds. The van der Waals surface area contributed by atoms with Crippen LogP contribution in [0.5, 0.6) is 0 Å². The van der Waals surface area contributed by atoms with Crippen LogP contribution in [0, 0.1) is 0 Å². The van der Waals surface area contributed by atoms with Gasteiger partial charge in [-0.25, -0.2) is 13.1 Å². The summed E-state index contributed by atoms with van der Waals surface area (Å²) >= 11 is 5.43. The molecular weight excluding hydrogens is 303 g/mol. The molecule has 0 fully saturated rings. The zero-order valence-corrected chi connectivity index (χ0v) is 11.4. The number of benzene rings is 1. The summed E-state index contributed by atoms with van der Waals surface area (Å²) in [5, 5.41) is 0. The molecule has 0 aromatic heterocycles. The molecule has 3 nitrogen and oxygen atoms in total. The third-order valence-corrected chi connectivity index (χ3v) is 4.12. The van der Waals surface area contributed by atoms with Crippen molar-refractivity contribution in [3.8, 4) is 0 Å². The molecule has 8 heteroatoms. The van der Waals surface area contributed by atoms with E-state index in [4.69, 9.17) is 11.6 Å². The minimum absolute atomic E-state index is 0.0568. The van der Waals surface area contributed by atoms with Crippen LogP contribution < -0.4 is 4.72 Å². The molecule has 0 unspecified atom stereocenters. The lowest BCUT2D eigenvalue weighted by atomic mass is 10.2.